The number of hydrogen-bond acceptors (Lipinski definition) is 5. The molecule has 1 aliphatic rings. The summed E-state index contributed by atoms with van der Waals surface area (Å²) in [6.07, 6.45) is 5.42. The molecule has 4 aromatic rings. The zero-order valence-electron chi connectivity index (χ0n) is 17.5. The van der Waals surface area contributed by atoms with Gasteiger partial charge in [-0.1, -0.05) is 27.0 Å². The number of rotatable bonds is 3. The standard InChI is InChI=1S/C23H21BrN4O3S/c1-14-5-4-12-27-21(14)26-22-18(23(27)29)13-19(20(25)28(22)16-6-2-3-7-16)32(30,31)17-10-8-15(24)9-11-17/h4-5,8-13,16,25H,2-3,6-7H2,1H3/p+1. The Balaban J connectivity index is 1.90. The largest absolute Gasteiger partial charge is 0.317 e. The number of aryl methyl sites for hydroxylation is 1. The second-order valence-electron chi connectivity index (χ2n) is 8.20. The van der Waals surface area contributed by atoms with Gasteiger partial charge in [-0.25, -0.2) is 13.0 Å². The van der Waals surface area contributed by atoms with Gasteiger partial charge in [-0.05, 0) is 69.0 Å². The van der Waals surface area contributed by atoms with E-state index < -0.39 is 9.84 Å². The first-order valence-electron chi connectivity index (χ1n) is 10.5. The summed E-state index contributed by atoms with van der Waals surface area (Å²) in [6, 6.07) is 11.4. The molecule has 2 N–H and O–H groups in total. The van der Waals surface area contributed by atoms with Crippen molar-refractivity contribution in [1.82, 2.24) is 9.38 Å². The van der Waals surface area contributed by atoms with E-state index in [9.17, 15) is 13.2 Å². The number of fused-ring (bicyclic) bond motifs is 2. The van der Waals surface area contributed by atoms with Gasteiger partial charge in [0.1, 0.15) is 10.3 Å². The van der Waals surface area contributed by atoms with E-state index in [1.54, 1.807) is 29.0 Å². The van der Waals surface area contributed by atoms with Crippen molar-refractivity contribution in [1.29, 1.82) is 0 Å². The molecule has 164 valence electrons. The third-order valence-corrected chi connectivity index (χ3v) is 8.51. The SMILES string of the molecule is Cc1cccn2c(=O)c3cc(S(=O)(=O)c4ccc(Br)cc4)c(N)[n+](C4CCCC4)c3nc12. The van der Waals surface area contributed by atoms with E-state index in [0.717, 1.165) is 35.7 Å². The lowest BCUT2D eigenvalue weighted by Crippen LogP contribution is -2.44. The fraction of sp³-hybridized carbons (Fsp3) is 0.261. The molecular weight excluding hydrogens is 492 g/mol. The average molecular weight is 514 g/mol. The highest BCUT2D eigenvalue weighted by Gasteiger charge is 2.33. The highest BCUT2D eigenvalue weighted by molar-refractivity contribution is 9.10. The van der Waals surface area contributed by atoms with Gasteiger partial charge in [0.25, 0.3) is 11.2 Å². The minimum absolute atomic E-state index is 0.00376. The molecule has 1 saturated carbocycles. The number of sulfone groups is 1. The molecule has 0 unspecified atom stereocenters. The molecule has 32 heavy (non-hydrogen) atoms. The Labute approximate surface area is 193 Å². The van der Waals surface area contributed by atoms with E-state index in [0.29, 0.717) is 11.3 Å². The Kier molecular flexibility index (Phi) is 5.05. The number of benzene rings is 1. The number of pyridine rings is 2. The predicted molar refractivity (Wildman–Crippen MR) is 125 cm³/mol. The van der Waals surface area contributed by atoms with Gasteiger partial charge in [0.05, 0.1) is 10.9 Å². The van der Waals surface area contributed by atoms with Gasteiger partial charge in [-0.15, -0.1) is 0 Å². The van der Waals surface area contributed by atoms with Crippen LogP contribution in [0.2, 0.25) is 0 Å². The quantitative estimate of drug-likeness (QED) is 0.332. The molecule has 0 bridgehead atoms. The minimum Gasteiger partial charge on any atom is -0.317 e. The molecule has 3 heterocycles. The first-order valence-corrected chi connectivity index (χ1v) is 12.7. The van der Waals surface area contributed by atoms with Crippen LogP contribution in [0.15, 0.2) is 67.7 Å². The highest BCUT2D eigenvalue weighted by Crippen LogP contribution is 2.32. The fourth-order valence-corrected chi connectivity index (χ4v) is 6.20. The van der Waals surface area contributed by atoms with Gasteiger partial charge < -0.3 is 5.73 Å². The van der Waals surface area contributed by atoms with Crippen LogP contribution in [0.4, 0.5) is 5.82 Å². The van der Waals surface area contributed by atoms with Crippen molar-refractivity contribution >= 4 is 48.3 Å². The normalized spacial score (nSPS) is 15.1. The van der Waals surface area contributed by atoms with Crippen molar-refractivity contribution < 1.29 is 13.0 Å². The molecule has 1 aromatic carbocycles. The van der Waals surface area contributed by atoms with Crippen LogP contribution < -0.4 is 15.9 Å². The average Bonchev–Trinajstić information content (AvgIpc) is 3.29. The van der Waals surface area contributed by atoms with Crippen molar-refractivity contribution in [3.05, 3.63) is 69.1 Å². The number of nitrogens with zero attached hydrogens (tertiary/aromatic N) is 3. The summed E-state index contributed by atoms with van der Waals surface area (Å²) in [5.41, 5.74) is 8.06. The second kappa shape index (κ2) is 7.67. The molecule has 3 aromatic heterocycles. The lowest BCUT2D eigenvalue weighted by Gasteiger charge is -2.17. The molecule has 0 spiro atoms. The Hall–Kier alpha value is -2.78. The molecule has 0 atom stereocenters. The van der Waals surface area contributed by atoms with Crippen LogP contribution in [0.1, 0.15) is 37.3 Å². The monoisotopic (exact) mass is 513 g/mol. The van der Waals surface area contributed by atoms with Gasteiger partial charge in [0.15, 0.2) is 0 Å². The van der Waals surface area contributed by atoms with Crippen LogP contribution in [0.25, 0.3) is 16.7 Å². The summed E-state index contributed by atoms with van der Waals surface area (Å²) >= 11 is 3.33. The van der Waals surface area contributed by atoms with Crippen LogP contribution in [-0.4, -0.2) is 17.8 Å². The Morgan fingerprint density at radius 1 is 1.16 bits per heavy atom. The van der Waals surface area contributed by atoms with Gasteiger partial charge in [-0.3, -0.25) is 9.20 Å². The Bertz CT molecular complexity index is 1540. The molecule has 7 nitrogen and oxygen atoms in total. The van der Waals surface area contributed by atoms with Crippen molar-refractivity contribution in [3.63, 3.8) is 0 Å². The summed E-state index contributed by atoms with van der Waals surface area (Å²) in [5, 5.41) is 0.241. The number of hydrogen-bond donors (Lipinski definition) is 1. The number of halogens is 1. The Morgan fingerprint density at radius 3 is 2.53 bits per heavy atom. The summed E-state index contributed by atoms with van der Waals surface area (Å²) in [5.74, 6) is 0.122. The van der Waals surface area contributed by atoms with Crippen molar-refractivity contribution in [3.8, 4) is 0 Å². The number of aromatic nitrogens is 3. The molecule has 1 aliphatic carbocycles. The fourth-order valence-electron chi connectivity index (χ4n) is 4.54. The van der Waals surface area contributed by atoms with E-state index in [-0.39, 0.29) is 32.6 Å². The van der Waals surface area contributed by atoms with Crippen LogP contribution in [0, 0.1) is 6.92 Å². The van der Waals surface area contributed by atoms with Gasteiger partial charge in [0, 0.05) is 16.2 Å². The van der Waals surface area contributed by atoms with E-state index >= 15 is 0 Å². The van der Waals surface area contributed by atoms with E-state index in [1.165, 1.54) is 22.6 Å². The molecule has 1 fully saturated rings. The molecule has 5 rings (SSSR count). The second-order valence-corrected chi connectivity index (χ2v) is 11.0. The van der Waals surface area contributed by atoms with Crippen LogP contribution in [-0.2, 0) is 9.84 Å². The first-order chi connectivity index (χ1) is 15.3. The first kappa shape index (κ1) is 21.1. The summed E-state index contributed by atoms with van der Waals surface area (Å²) < 4.78 is 31.1. The maximum atomic E-state index is 13.6. The maximum Gasteiger partial charge on any atom is 0.278 e. The zero-order valence-corrected chi connectivity index (χ0v) is 19.9. The van der Waals surface area contributed by atoms with Gasteiger partial charge in [-0.2, -0.15) is 0 Å². The highest BCUT2D eigenvalue weighted by atomic mass is 79.9. The molecule has 9 heteroatoms. The lowest BCUT2D eigenvalue weighted by atomic mass is 10.2. The zero-order chi connectivity index (χ0) is 22.6. The van der Waals surface area contributed by atoms with Gasteiger partial charge in [0.2, 0.25) is 21.3 Å². The van der Waals surface area contributed by atoms with Gasteiger partial charge >= 0.3 is 0 Å². The van der Waals surface area contributed by atoms with Crippen molar-refractivity contribution in [2.45, 2.75) is 48.4 Å². The van der Waals surface area contributed by atoms with Crippen LogP contribution in [0.3, 0.4) is 0 Å². The van der Waals surface area contributed by atoms with Crippen molar-refractivity contribution in [2.75, 3.05) is 5.73 Å². The Morgan fingerprint density at radius 2 is 1.84 bits per heavy atom. The number of anilines is 1. The number of nitrogen functional groups attached to an aromatic ring is 1. The topological polar surface area (TPSA) is 98.4 Å². The molecule has 0 saturated heterocycles. The maximum absolute atomic E-state index is 13.6. The molecule has 0 amide bonds. The molecule has 0 aliphatic heterocycles. The molecule has 0 radical (unpaired) electrons. The molecular formula is C23H22BrN4O3S+. The van der Waals surface area contributed by atoms with E-state index in [1.807, 2.05) is 13.0 Å². The van der Waals surface area contributed by atoms with E-state index in [2.05, 4.69) is 15.9 Å². The number of nitrogens with two attached hydrogens (primary N) is 1. The van der Waals surface area contributed by atoms with Crippen LogP contribution in [0.5, 0.6) is 0 Å². The smallest absolute Gasteiger partial charge is 0.278 e. The van der Waals surface area contributed by atoms with E-state index in [4.69, 9.17) is 10.7 Å². The predicted octanol–water partition coefficient (Wildman–Crippen LogP) is 3.74. The van der Waals surface area contributed by atoms with Crippen LogP contribution >= 0.6 is 15.9 Å². The summed E-state index contributed by atoms with van der Waals surface area (Å²) in [7, 11) is -3.95. The third kappa shape index (κ3) is 3.22. The lowest BCUT2D eigenvalue weighted by molar-refractivity contribution is -0.686. The third-order valence-electron chi connectivity index (χ3n) is 6.18. The minimum atomic E-state index is -3.95. The van der Waals surface area contributed by atoms with Crippen molar-refractivity contribution in [2.24, 2.45) is 0 Å². The summed E-state index contributed by atoms with van der Waals surface area (Å²) in [4.78, 5) is 18.3. The summed E-state index contributed by atoms with van der Waals surface area (Å²) in [6.45, 7) is 1.89.